The second-order valence-corrected chi connectivity index (χ2v) is 16.4. The van der Waals surface area contributed by atoms with Gasteiger partial charge in [0.25, 0.3) is 0 Å². The summed E-state index contributed by atoms with van der Waals surface area (Å²) in [6.45, 7) is 0. The van der Waals surface area contributed by atoms with Gasteiger partial charge in [0.05, 0.1) is 16.4 Å². The van der Waals surface area contributed by atoms with E-state index in [4.69, 9.17) is 0 Å². The van der Waals surface area contributed by atoms with Gasteiger partial charge >= 0.3 is 0 Å². The van der Waals surface area contributed by atoms with Crippen molar-refractivity contribution in [3.8, 4) is 39.1 Å². The average Bonchev–Trinajstić information content (AvgIpc) is 3.86. The second-order valence-electron chi connectivity index (χ2n) is 16.4. The summed E-state index contributed by atoms with van der Waals surface area (Å²) in [5.74, 6) is 0. The molecular formula is C61H42N2. The number of aromatic nitrogens is 1. The summed E-state index contributed by atoms with van der Waals surface area (Å²) in [4.78, 5) is 2.41. The number of fused-ring (bicyclic) bond motifs is 6. The highest BCUT2D eigenvalue weighted by Gasteiger charge is 2.45. The van der Waals surface area contributed by atoms with Crippen LogP contribution in [0.1, 0.15) is 22.3 Å². The summed E-state index contributed by atoms with van der Waals surface area (Å²) < 4.78 is 2.43. The van der Waals surface area contributed by atoms with Crippen LogP contribution < -0.4 is 4.90 Å². The van der Waals surface area contributed by atoms with Gasteiger partial charge in [-0.2, -0.15) is 0 Å². The third-order valence-electron chi connectivity index (χ3n) is 13.1. The zero-order valence-corrected chi connectivity index (χ0v) is 34.6. The Morgan fingerprint density at radius 1 is 0.317 bits per heavy atom. The van der Waals surface area contributed by atoms with Crippen molar-refractivity contribution in [3.63, 3.8) is 0 Å². The SMILES string of the molecule is c1ccc(-c2ccc(N(c3ccc(C4(c5ccccc5)c5ccccc5-c5ccccc54)cc3)c3ccc4c5c(-c6ccccc6)cccc5n(-c5ccccc5)c4c3)cc2)cc1. The molecule has 12 rings (SSSR count). The molecule has 1 aliphatic rings. The maximum atomic E-state index is 2.43. The summed E-state index contributed by atoms with van der Waals surface area (Å²) in [6, 6.07) is 93.2. The van der Waals surface area contributed by atoms with Crippen molar-refractivity contribution in [2.24, 2.45) is 0 Å². The van der Waals surface area contributed by atoms with E-state index in [1.807, 2.05) is 0 Å². The molecule has 0 unspecified atom stereocenters. The summed E-state index contributed by atoms with van der Waals surface area (Å²) in [7, 11) is 0. The van der Waals surface area contributed by atoms with Crippen LogP contribution in [0.3, 0.4) is 0 Å². The largest absolute Gasteiger partial charge is 0.310 e. The molecule has 0 amide bonds. The third kappa shape index (κ3) is 5.87. The lowest BCUT2D eigenvalue weighted by atomic mass is 9.68. The number of nitrogens with zero attached hydrogens (tertiary/aromatic N) is 2. The van der Waals surface area contributed by atoms with Crippen LogP contribution in [0.25, 0.3) is 60.9 Å². The number of para-hydroxylation sites is 1. The molecule has 0 spiro atoms. The number of anilines is 3. The Balaban J connectivity index is 1.07. The summed E-state index contributed by atoms with van der Waals surface area (Å²) in [6.07, 6.45) is 0. The van der Waals surface area contributed by atoms with Gasteiger partial charge in [-0.05, 0) is 110 Å². The molecular weight excluding hydrogens is 761 g/mol. The van der Waals surface area contributed by atoms with E-state index in [0.29, 0.717) is 0 Å². The van der Waals surface area contributed by atoms with E-state index in [0.717, 1.165) is 28.3 Å². The normalized spacial score (nSPS) is 12.6. The van der Waals surface area contributed by atoms with E-state index in [2.05, 4.69) is 264 Å². The van der Waals surface area contributed by atoms with Crippen molar-refractivity contribution in [2.75, 3.05) is 4.90 Å². The van der Waals surface area contributed by atoms with Gasteiger partial charge in [0, 0.05) is 33.5 Å². The smallest absolute Gasteiger partial charge is 0.0713 e. The highest BCUT2D eigenvalue weighted by Crippen LogP contribution is 2.56. The van der Waals surface area contributed by atoms with Crippen LogP contribution in [0.5, 0.6) is 0 Å². The minimum Gasteiger partial charge on any atom is -0.310 e. The lowest BCUT2D eigenvalue weighted by molar-refractivity contribution is 0.768. The maximum Gasteiger partial charge on any atom is 0.0713 e. The van der Waals surface area contributed by atoms with Gasteiger partial charge in [-0.3, -0.25) is 0 Å². The van der Waals surface area contributed by atoms with Crippen LogP contribution in [0.4, 0.5) is 17.1 Å². The number of hydrogen-bond acceptors (Lipinski definition) is 1. The first-order valence-corrected chi connectivity index (χ1v) is 21.8. The average molecular weight is 803 g/mol. The fourth-order valence-corrected chi connectivity index (χ4v) is 10.4. The van der Waals surface area contributed by atoms with Crippen LogP contribution in [0.2, 0.25) is 0 Å². The van der Waals surface area contributed by atoms with Crippen LogP contribution in [-0.4, -0.2) is 4.57 Å². The summed E-state index contributed by atoms with van der Waals surface area (Å²) in [5.41, 5.74) is 18.8. The van der Waals surface area contributed by atoms with Crippen LogP contribution in [-0.2, 0) is 5.41 Å². The highest BCUT2D eigenvalue weighted by molar-refractivity contribution is 6.16. The van der Waals surface area contributed by atoms with E-state index in [9.17, 15) is 0 Å². The zero-order chi connectivity index (χ0) is 41.7. The molecule has 63 heavy (non-hydrogen) atoms. The molecule has 0 aliphatic heterocycles. The second kappa shape index (κ2) is 15.1. The number of hydrogen-bond donors (Lipinski definition) is 0. The highest BCUT2D eigenvalue weighted by atomic mass is 15.1. The van der Waals surface area contributed by atoms with E-state index < -0.39 is 5.41 Å². The molecule has 0 fully saturated rings. The fourth-order valence-electron chi connectivity index (χ4n) is 10.4. The molecule has 1 aliphatic carbocycles. The minimum absolute atomic E-state index is 0.471. The van der Waals surface area contributed by atoms with Crippen molar-refractivity contribution < 1.29 is 0 Å². The van der Waals surface area contributed by atoms with Gasteiger partial charge in [-0.1, -0.05) is 200 Å². The molecule has 1 aromatic heterocycles. The maximum absolute atomic E-state index is 2.43. The number of rotatable bonds is 8. The molecule has 2 heteroatoms. The van der Waals surface area contributed by atoms with Crippen LogP contribution in [0, 0.1) is 0 Å². The van der Waals surface area contributed by atoms with Gasteiger partial charge in [-0.25, -0.2) is 0 Å². The van der Waals surface area contributed by atoms with Crippen molar-refractivity contribution in [2.45, 2.75) is 5.41 Å². The first kappa shape index (κ1) is 36.6. The first-order chi connectivity index (χ1) is 31.3. The molecule has 0 bridgehead atoms. The first-order valence-electron chi connectivity index (χ1n) is 21.8. The molecule has 0 saturated carbocycles. The van der Waals surface area contributed by atoms with Crippen LogP contribution >= 0.6 is 0 Å². The quantitative estimate of drug-likeness (QED) is 0.149. The van der Waals surface area contributed by atoms with E-state index >= 15 is 0 Å². The molecule has 0 atom stereocenters. The molecule has 2 nitrogen and oxygen atoms in total. The predicted molar refractivity (Wildman–Crippen MR) is 264 cm³/mol. The Morgan fingerprint density at radius 3 is 1.43 bits per heavy atom. The lowest BCUT2D eigenvalue weighted by Crippen LogP contribution is -2.28. The molecule has 0 radical (unpaired) electrons. The van der Waals surface area contributed by atoms with Gasteiger partial charge in [0.15, 0.2) is 0 Å². The number of benzene rings is 10. The van der Waals surface area contributed by atoms with E-state index in [1.54, 1.807) is 0 Å². The molecule has 11 aromatic rings. The zero-order valence-electron chi connectivity index (χ0n) is 34.6. The minimum atomic E-state index is -0.471. The van der Waals surface area contributed by atoms with Crippen molar-refractivity contribution >= 4 is 38.9 Å². The molecule has 296 valence electrons. The lowest BCUT2D eigenvalue weighted by Gasteiger charge is -2.34. The standard InChI is InChI=1S/C61H42N2/c1-5-18-43(19-6-1)44-32-36-49(37-33-44)62(50-38-34-47(35-39-50)61(46-22-9-3-10-23-46)56-29-15-13-26-53(56)54-27-14-16-30-57(54)61)51-40-41-55-59(42-51)63(48-24-11-4-12-25-48)58-31-17-28-52(60(55)58)45-20-7-2-8-21-45/h1-42H. The monoisotopic (exact) mass is 802 g/mol. The Bertz CT molecular complexity index is 3360. The van der Waals surface area contributed by atoms with Crippen molar-refractivity contribution in [1.82, 2.24) is 4.57 Å². The van der Waals surface area contributed by atoms with Gasteiger partial charge in [0.2, 0.25) is 0 Å². The van der Waals surface area contributed by atoms with Gasteiger partial charge in [0.1, 0.15) is 0 Å². The third-order valence-corrected chi connectivity index (χ3v) is 13.1. The molecule has 1 heterocycles. The van der Waals surface area contributed by atoms with Crippen LogP contribution in [0.15, 0.2) is 255 Å². The molecule has 10 aromatic carbocycles. The van der Waals surface area contributed by atoms with Gasteiger partial charge < -0.3 is 9.47 Å². The Morgan fingerprint density at radius 2 is 0.794 bits per heavy atom. The van der Waals surface area contributed by atoms with E-state index in [1.165, 1.54) is 71.9 Å². The topological polar surface area (TPSA) is 8.17 Å². The Kier molecular flexibility index (Phi) is 8.76. The molecule has 0 saturated heterocycles. The van der Waals surface area contributed by atoms with Crippen molar-refractivity contribution in [3.05, 3.63) is 277 Å². The Hall–Kier alpha value is -8.20. The predicted octanol–water partition coefficient (Wildman–Crippen LogP) is 16.0. The summed E-state index contributed by atoms with van der Waals surface area (Å²) >= 11 is 0. The van der Waals surface area contributed by atoms with Crippen molar-refractivity contribution in [1.29, 1.82) is 0 Å². The summed E-state index contributed by atoms with van der Waals surface area (Å²) in [5, 5.41) is 2.47. The Labute approximate surface area is 368 Å². The van der Waals surface area contributed by atoms with E-state index in [-0.39, 0.29) is 0 Å². The van der Waals surface area contributed by atoms with Gasteiger partial charge in [-0.15, -0.1) is 0 Å². The fraction of sp³-hybridized carbons (Fsp3) is 0.0164. The molecule has 0 N–H and O–H groups in total.